The highest BCUT2D eigenvalue weighted by atomic mass is 16.1. The van der Waals surface area contributed by atoms with Gasteiger partial charge < -0.3 is 4.90 Å². The van der Waals surface area contributed by atoms with Gasteiger partial charge in [0.2, 0.25) is 0 Å². The van der Waals surface area contributed by atoms with Crippen molar-refractivity contribution in [3.05, 3.63) is 82.2 Å². The molecule has 0 spiro atoms. The van der Waals surface area contributed by atoms with Crippen LogP contribution in [0.25, 0.3) is 0 Å². The summed E-state index contributed by atoms with van der Waals surface area (Å²) >= 11 is 0. The first-order valence-corrected chi connectivity index (χ1v) is 10.9. The molecule has 4 nitrogen and oxygen atoms in total. The summed E-state index contributed by atoms with van der Waals surface area (Å²) in [7, 11) is 3.90. The minimum absolute atomic E-state index is 0.0384. The van der Waals surface area contributed by atoms with Crippen molar-refractivity contribution in [2.45, 2.75) is 40.0 Å². The lowest BCUT2D eigenvalue weighted by Crippen LogP contribution is -2.25. The standard InChI is InChI=1S/C22H24N2O.C5H11N/c1-6-15(3)13-14-16(7-2)19-21(24-5)20(23-4)17-11-9-8-10-12-18(17)22(19)25;1-6-4-2-3-5-6/h6-8,10-14H,5,9H2,1-4H3;2-5H2,1H3/b14-13-,15-6-,16-7+,23-20?;. The molecule has 0 saturated carbocycles. The lowest BCUT2D eigenvalue weighted by molar-refractivity contribution is -0.111. The van der Waals surface area contributed by atoms with Crippen molar-refractivity contribution in [1.29, 1.82) is 0 Å². The number of carbonyl (C=O) groups is 1. The lowest BCUT2D eigenvalue weighted by Gasteiger charge is -2.23. The van der Waals surface area contributed by atoms with Gasteiger partial charge in [-0.15, -0.1) is 0 Å². The zero-order valence-corrected chi connectivity index (χ0v) is 19.6. The second-order valence-corrected chi connectivity index (χ2v) is 7.77. The van der Waals surface area contributed by atoms with Gasteiger partial charge in [-0.3, -0.25) is 14.8 Å². The molecule has 2 aliphatic carbocycles. The number of ketones is 1. The van der Waals surface area contributed by atoms with Gasteiger partial charge in [-0.25, -0.2) is 0 Å². The number of allylic oxidation sites excluding steroid dienone is 13. The van der Waals surface area contributed by atoms with E-state index in [0.29, 0.717) is 16.8 Å². The molecule has 1 aliphatic heterocycles. The van der Waals surface area contributed by atoms with E-state index < -0.39 is 0 Å². The predicted octanol–water partition coefficient (Wildman–Crippen LogP) is 5.59. The molecule has 0 bridgehead atoms. The Bertz CT molecular complexity index is 943. The summed E-state index contributed by atoms with van der Waals surface area (Å²) in [5.41, 5.74) is 5.27. The number of rotatable bonds is 4. The van der Waals surface area contributed by atoms with Crippen molar-refractivity contribution in [2.75, 3.05) is 27.2 Å². The third kappa shape index (κ3) is 6.08. The van der Waals surface area contributed by atoms with E-state index in [0.717, 1.165) is 28.9 Å². The van der Waals surface area contributed by atoms with E-state index in [-0.39, 0.29) is 5.78 Å². The van der Waals surface area contributed by atoms with Crippen LogP contribution in [-0.4, -0.2) is 50.3 Å². The van der Waals surface area contributed by atoms with Crippen LogP contribution in [0.1, 0.15) is 40.0 Å². The molecule has 0 N–H and O–H groups in total. The van der Waals surface area contributed by atoms with Crippen LogP contribution < -0.4 is 0 Å². The van der Waals surface area contributed by atoms with Gasteiger partial charge in [-0.1, -0.05) is 54.2 Å². The molecule has 0 radical (unpaired) electrons. The number of carbonyl (C=O) groups excluding carboxylic acids is 1. The first-order chi connectivity index (χ1) is 15.0. The zero-order valence-electron chi connectivity index (χ0n) is 19.6. The van der Waals surface area contributed by atoms with E-state index in [2.05, 4.69) is 28.6 Å². The fourth-order valence-corrected chi connectivity index (χ4v) is 3.70. The third-order valence-corrected chi connectivity index (χ3v) is 5.63. The van der Waals surface area contributed by atoms with Crippen LogP contribution in [0.3, 0.4) is 0 Å². The number of nitrogens with zero attached hydrogens (tertiary/aromatic N) is 3. The highest BCUT2D eigenvalue weighted by molar-refractivity contribution is 6.33. The molecule has 31 heavy (non-hydrogen) atoms. The van der Waals surface area contributed by atoms with E-state index >= 15 is 0 Å². The monoisotopic (exact) mass is 417 g/mol. The summed E-state index contributed by atoms with van der Waals surface area (Å²) in [6.07, 6.45) is 19.3. The SMILES string of the molecule is C=NC1=C(C(/C=C\C(C)=C/C)=C/C)C(=O)C2=CC=CCC=C2C1=NC.CN1CCCC1. The van der Waals surface area contributed by atoms with Gasteiger partial charge >= 0.3 is 0 Å². The van der Waals surface area contributed by atoms with Crippen molar-refractivity contribution < 1.29 is 4.79 Å². The summed E-state index contributed by atoms with van der Waals surface area (Å²) in [5, 5.41) is 0. The molecular formula is C27H35N3O. The van der Waals surface area contributed by atoms with Crippen LogP contribution in [0.2, 0.25) is 0 Å². The Kier molecular flexibility index (Phi) is 9.54. The molecule has 1 heterocycles. The molecule has 0 aromatic carbocycles. The summed E-state index contributed by atoms with van der Waals surface area (Å²) in [4.78, 5) is 24.2. The summed E-state index contributed by atoms with van der Waals surface area (Å²) in [6, 6.07) is 0. The van der Waals surface area contributed by atoms with E-state index in [4.69, 9.17) is 0 Å². The zero-order chi connectivity index (χ0) is 22.8. The average Bonchev–Trinajstić information content (AvgIpc) is 3.13. The molecule has 0 aromatic rings. The van der Waals surface area contributed by atoms with Gasteiger partial charge in [0.05, 0.1) is 17.0 Å². The molecule has 1 fully saturated rings. The fourth-order valence-electron chi connectivity index (χ4n) is 3.70. The molecule has 3 rings (SSSR count). The Morgan fingerprint density at radius 1 is 1.13 bits per heavy atom. The van der Waals surface area contributed by atoms with E-state index in [1.165, 1.54) is 25.9 Å². The van der Waals surface area contributed by atoms with Gasteiger partial charge in [0.1, 0.15) is 0 Å². The maximum atomic E-state index is 13.2. The summed E-state index contributed by atoms with van der Waals surface area (Å²) in [6.45, 7) is 12.3. The highest BCUT2D eigenvalue weighted by Crippen LogP contribution is 2.35. The number of likely N-dealkylation sites (tertiary alicyclic amines) is 1. The van der Waals surface area contributed by atoms with Crippen molar-refractivity contribution in [3.63, 3.8) is 0 Å². The Morgan fingerprint density at radius 3 is 2.35 bits per heavy atom. The van der Waals surface area contributed by atoms with Gasteiger partial charge in [0.25, 0.3) is 0 Å². The van der Waals surface area contributed by atoms with Crippen LogP contribution in [0.5, 0.6) is 0 Å². The Morgan fingerprint density at radius 2 is 1.84 bits per heavy atom. The van der Waals surface area contributed by atoms with Crippen LogP contribution in [0.15, 0.2) is 92.2 Å². The molecule has 0 amide bonds. The fraction of sp³-hybridized carbons (Fsp3) is 0.370. The average molecular weight is 418 g/mol. The van der Waals surface area contributed by atoms with Gasteiger partial charge in [-0.05, 0) is 72.5 Å². The van der Waals surface area contributed by atoms with Crippen molar-refractivity contribution in [1.82, 2.24) is 4.90 Å². The number of hydrogen-bond acceptors (Lipinski definition) is 4. The number of aliphatic imine (C=N–C) groups is 2. The Labute approximate surface area is 187 Å². The molecule has 3 aliphatic rings. The smallest absolute Gasteiger partial charge is 0.196 e. The third-order valence-electron chi connectivity index (χ3n) is 5.63. The molecule has 0 unspecified atom stereocenters. The quantitative estimate of drug-likeness (QED) is 0.442. The van der Waals surface area contributed by atoms with Crippen LogP contribution in [0, 0.1) is 0 Å². The second kappa shape index (κ2) is 12.1. The number of hydrogen-bond donors (Lipinski definition) is 0. The van der Waals surface area contributed by atoms with Crippen LogP contribution in [-0.2, 0) is 4.79 Å². The predicted molar refractivity (Wildman–Crippen MR) is 134 cm³/mol. The highest BCUT2D eigenvalue weighted by Gasteiger charge is 2.33. The molecule has 164 valence electrons. The summed E-state index contributed by atoms with van der Waals surface area (Å²) < 4.78 is 0. The second-order valence-electron chi connectivity index (χ2n) is 7.77. The largest absolute Gasteiger partial charge is 0.306 e. The van der Waals surface area contributed by atoms with Gasteiger partial charge in [-0.2, -0.15) is 0 Å². The normalized spacial score (nSPS) is 21.6. The maximum absolute atomic E-state index is 13.2. The van der Waals surface area contributed by atoms with Gasteiger partial charge in [0, 0.05) is 18.2 Å². The Hall–Kier alpha value is -2.85. The maximum Gasteiger partial charge on any atom is 0.196 e. The molecule has 4 heteroatoms. The number of fused-ring (bicyclic) bond motifs is 1. The first kappa shape index (κ1) is 24.4. The lowest BCUT2D eigenvalue weighted by atomic mass is 9.81. The van der Waals surface area contributed by atoms with Crippen LogP contribution in [0.4, 0.5) is 0 Å². The topological polar surface area (TPSA) is 45.0 Å². The van der Waals surface area contributed by atoms with E-state index in [1.54, 1.807) is 7.05 Å². The minimum Gasteiger partial charge on any atom is -0.306 e. The molecule has 0 aromatic heterocycles. The molecule has 0 atom stereocenters. The van der Waals surface area contributed by atoms with Crippen molar-refractivity contribution in [2.24, 2.45) is 9.98 Å². The molecule has 1 saturated heterocycles. The number of Topliss-reactive ketones (excluding diaryl/α,β-unsaturated/α-hetero) is 1. The van der Waals surface area contributed by atoms with Crippen LogP contribution >= 0.6 is 0 Å². The van der Waals surface area contributed by atoms with E-state index in [9.17, 15) is 4.79 Å². The van der Waals surface area contributed by atoms with E-state index in [1.807, 2.05) is 69.4 Å². The summed E-state index contributed by atoms with van der Waals surface area (Å²) in [5.74, 6) is -0.0384. The van der Waals surface area contributed by atoms with Crippen molar-refractivity contribution >= 4 is 18.2 Å². The van der Waals surface area contributed by atoms with Crippen molar-refractivity contribution in [3.8, 4) is 0 Å². The van der Waals surface area contributed by atoms with Gasteiger partial charge in [0.15, 0.2) is 5.78 Å². The first-order valence-electron chi connectivity index (χ1n) is 10.9. The Balaban J connectivity index is 0.000000488. The molecular weight excluding hydrogens is 382 g/mol. The minimum atomic E-state index is -0.0384.